The van der Waals surface area contributed by atoms with Gasteiger partial charge < -0.3 is 9.64 Å². The number of ether oxygens (including phenoxy) is 1. The van der Waals surface area contributed by atoms with Gasteiger partial charge in [-0.1, -0.05) is 13.8 Å². The molecule has 5 heterocycles. The molecule has 0 aromatic carbocycles. The first-order valence-electron chi connectivity index (χ1n) is 11.6. The van der Waals surface area contributed by atoms with Gasteiger partial charge in [-0.05, 0) is 75.0 Å². The van der Waals surface area contributed by atoms with Gasteiger partial charge in [-0.15, -0.1) is 0 Å². The van der Waals surface area contributed by atoms with Crippen LogP contribution < -0.4 is 4.74 Å². The molecule has 0 amide bonds. The monoisotopic (exact) mass is 445 g/mol. The number of hydrogen-bond donors (Lipinski definition) is 1. The lowest BCUT2D eigenvalue weighted by Crippen LogP contribution is -2.29. The maximum Gasteiger partial charge on any atom is 0.197 e. The molecular weight excluding hydrogens is 414 g/mol. The van der Waals surface area contributed by atoms with E-state index in [1.807, 2.05) is 12.3 Å². The molecule has 0 atom stereocenters. The van der Waals surface area contributed by atoms with Crippen molar-refractivity contribution in [2.75, 3.05) is 27.2 Å². The molecule has 33 heavy (non-hydrogen) atoms. The van der Waals surface area contributed by atoms with E-state index in [4.69, 9.17) is 14.8 Å². The van der Waals surface area contributed by atoms with Gasteiger partial charge in [-0.25, -0.2) is 9.50 Å². The number of H-pyrrole nitrogens is 1. The van der Waals surface area contributed by atoms with E-state index in [9.17, 15) is 0 Å². The molecule has 1 fully saturated rings. The maximum absolute atomic E-state index is 5.56. The fraction of sp³-hybridized carbons (Fsp3) is 0.440. The van der Waals surface area contributed by atoms with Crippen LogP contribution in [0, 0.1) is 6.92 Å². The van der Waals surface area contributed by atoms with E-state index < -0.39 is 0 Å². The number of likely N-dealkylation sites (tertiary alicyclic amines) is 1. The molecule has 8 heteroatoms. The van der Waals surface area contributed by atoms with Crippen LogP contribution in [0.25, 0.3) is 28.3 Å². The number of pyridine rings is 2. The molecule has 4 aromatic heterocycles. The second kappa shape index (κ2) is 8.59. The standard InChI is InChI=1S/C25H31N7O/c1-15(2)22-23(18-11-21(33-5)25-27-14-28-32(25)13-18)29-30-24(22)20-10-16(3)19(12-26-20)17-6-8-31(4)9-7-17/h10-15,17H,6-9H2,1-5H3,(H,29,30). The molecule has 5 rings (SSSR count). The largest absolute Gasteiger partial charge is 0.493 e. The van der Waals surface area contributed by atoms with Crippen LogP contribution in [0.4, 0.5) is 0 Å². The highest BCUT2D eigenvalue weighted by atomic mass is 16.5. The average Bonchev–Trinajstić information content (AvgIpc) is 3.46. The first kappa shape index (κ1) is 21.6. The quantitative estimate of drug-likeness (QED) is 0.489. The van der Waals surface area contributed by atoms with Crippen LogP contribution in [0.2, 0.25) is 0 Å². The zero-order valence-electron chi connectivity index (χ0n) is 20.0. The van der Waals surface area contributed by atoms with E-state index in [-0.39, 0.29) is 5.92 Å². The van der Waals surface area contributed by atoms with E-state index in [1.54, 1.807) is 11.6 Å². The summed E-state index contributed by atoms with van der Waals surface area (Å²) < 4.78 is 7.29. The van der Waals surface area contributed by atoms with Crippen molar-refractivity contribution in [2.24, 2.45) is 0 Å². The Labute approximate surface area is 194 Å². The Hall–Kier alpha value is -3.26. The normalized spacial score (nSPS) is 15.6. The van der Waals surface area contributed by atoms with Gasteiger partial charge in [0.05, 0.1) is 18.5 Å². The molecule has 0 radical (unpaired) electrons. The smallest absolute Gasteiger partial charge is 0.197 e. The zero-order valence-corrected chi connectivity index (χ0v) is 20.0. The first-order valence-corrected chi connectivity index (χ1v) is 11.6. The molecule has 1 N–H and O–H groups in total. The van der Waals surface area contributed by atoms with Gasteiger partial charge in [0.25, 0.3) is 0 Å². The predicted molar refractivity (Wildman–Crippen MR) is 129 cm³/mol. The van der Waals surface area contributed by atoms with Crippen molar-refractivity contribution in [3.63, 3.8) is 0 Å². The fourth-order valence-corrected chi connectivity index (χ4v) is 4.95. The molecule has 172 valence electrons. The molecule has 0 aliphatic carbocycles. The number of aryl methyl sites for hydroxylation is 1. The van der Waals surface area contributed by atoms with Crippen LogP contribution in [0.1, 0.15) is 55.2 Å². The van der Waals surface area contributed by atoms with Crippen molar-refractivity contribution in [3.05, 3.63) is 47.5 Å². The summed E-state index contributed by atoms with van der Waals surface area (Å²) in [7, 11) is 3.84. The van der Waals surface area contributed by atoms with Gasteiger partial charge in [-0.2, -0.15) is 10.2 Å². The number of methoxy groups -OCH3 is 1. The van der Waals surface area contributed by atoms with Gasteiger partial charge in [0.1, 0.15) is 12.0 Å². The van der Waals surface area contributed by atoms with Crippen LogP contribution in [0.3, 0.4) is 0 Å². The fourth-order valence-electron chi connectivity index (χ4n) is 4.95. The lowest BCUT2D eigenvalue weighted by Gasteiger charge is -2.29. The van der Waals surface area contributed by atoms with Crippen molar-refractivity contribution in [2.45, 2.75) is 45.4 Å². The lowest BCUT2D eigenvalue weighted by molar-refractivity contribution is 0.255. The number of aromatic amines is 1. The van der Waals surface area contributed by atoms with Crippen molar-refractivity contribution in [1.29, 1.82) is 0 Å². The highest BCUT2D eigenvalue weighted by Crippen LogP contribution is 2.37. The molecule has 4 aromatic rings. The molecule has 1 aliphatic heterocycles. The Morgan fingerprint density at radius 3 is 2.64 bits per heavy atom. The van der Waals surface area contributed by atoms with Crippen LogP contribution >= 0.6 is 0 Å². The second-order valence-corrected chi connectivity index (χ2v) is 9.34. The number of rotatable bonds is 5. The van der Waals surface area contributed by atoms with Crippen molar-refractivity contribution >= 4 is 5.65 Å². The molecule has 1 saturated heterocycles. The minimum Gasteiger partial charge on any atom is -0.493 e. The predicted octanol–water partition coefficient (Wildman–Crippen LogP) is 4.43. The van der Waals surface area contributed by atoms with Crippen molar-refractivity contribution in [1.82, 2.24) is 34.7 Å². The summed E-state index contributed by atoms with van der Waals surface area (Å²) in [6.45, 7) is 8.86. The molecule has 0 bridgehead atoms. The summed E-state index contributed by atoms with van der Waals surface area (Å²) >= 11 is 0. The molecule has 1 aliphatic rings. The number of nitrogens with one attached hydrogen (secondary N) is 1. The van der Waals surface area contributed by atoms with E-state index in [2.05, 4.69) is 60.2 Å². The number of hydrogen-bond acceptors (Lipinski definition) is 6. The van der Waals surface area contributed by atoms with E-state index >= 15 is 0 Å². The van der Waals surface area contributed by atoms with Crippen LogP contribution in [0.5, 0.6) is 5.75 Å². The van der Waals surface area contributed by atoms with Crippen molar-refractivity contribution < 1.29 is 4.74 Å². The summed E-state index contributed by atoms with van der Waals surface area (Å²) in [5.74, 6) is 1.51. The van der Waals surface area contributed by atoms with E-state index in [1.165, 1.54) is 30.3 Å². The number of fused-ring (bicyclic) bond motifs is 1. The lowest BCUT2D eigenvalue weighted by atomic mass is 9.87. The highest BCUT2D eigenvalue weighted by Gasteiger charge is 2.24. The van der Waals surface area contributed by atoms with Crippen molar-refractivity contribution in [3.8, 4) is 28.4 Å². The van der Waals surface area contributed by atoms with Gasteiger partial charge in [0.2, 0.25) is 0 Å². The SMILES string of the molecule is COc1cc(-c2[nH]nc(-c3cc(C)c(C4CCN(C)CC4)cn3)c2C(C)C)cn2ncnc12. The Kier molecular flexibility index (Phi) is 5.62. The number of nitrogens with zero attached hydrogens (tertiary/aromatic N) is 6. The maximum atomic E-state index is 5.56. The summed E-state index contributed by atoms with van der Waals surface area (Å²) in [6.07, 6.45) is 7.94. The highest BCUT2D eigenvalue weighted by molar-refractivity contribution is 5.75. The Balaban J connectivity index is 1.55. The third-order valence-electron chi connectivity index (χ3n) is 6.78. The minimum absolute atomic E-state index is 0.252. The second-order valence-electron chi connectivity index (χ2n) is 9.34. The number of aromatic nitrogens is 6. The summed E-state index contributed by atoms with van der Waals surface area (Å²) in [4.78, 5) is 11.6. The summed E-state index contributed by atoms with van der Waals surface area (Å²) in [6, 6.07) is 4.18. The third-order valence-corrected chi connectivity index (χ3v) is 6.78. The summed E-state index contributed by atoms with van der Waals surface area (Å²) in [5.41, 5.74) is 8.19. The molecular formula is C25H31N7O. The summed E-state index contributed by atoms with van der Waals surface area (Å²) in [5, 5.41) is 12.3. The molecule has 0 spiro atoms. The minimum atomic E-state index is 0.252. The van der Waals surface area contributed by atoms with E-state index in [0.717, 1.165) is 41.3 Å². The van der Waals surface area contributed by atoms with E-state index in [0.29, 0.717) is 17.3 Å². The molecule has 0 saturated carbocycles. The van der Waals surface area contributed by atoms with Gasteiger partial charge in [-0.3, -0.25) is 10.1 Å². The van der Waals surface area contributed by atoms with Gasteiger partial charge >= 0.3 is 0 Å². The Morgan fingerprint density at radius 2 is 1.94 bits per heavy atom. The van der Waals surface area contributed by atoms with Gasteiger partial charge in [0.15, 0.2) is 11.4 Å². The van der Waals surface area contributed by atoms with Gasteiger partial charge in [0, 0.05) is 23.5 Å². The average molecular weight is 446 g/mol. The third kappa shape index (κ3) is 3.88. The Morgan fingerprint density at radius 1 is 1.15 bits per heavy atom. The number of piperidine rings is 1. The van der Waals surface area contributed by atoms with Crippen LogP contribution in [-0.2, 0) is 0 Å². The Bertz CT molecular complexity index is 1280. The first-order chi connectivity index (χ1) is 16.0. The topological polar surface area (TPSA) is 84.2 Å². The molecule has 0 unspecified atom stereocenters. The van der Waals surface area contributed by atoms with Crippen LogP contribution in [-0.4, -0.2) is 61.9 Å². The van der Waals surface area contributed by atoms with Crippen LogP contribution in [0.15, 0.2) is 30.9 Å². The zero-order chi connectivity index (χ0) is 23.1. The molecule has 8 nitrogen and oxygen atoms in total.